The molecule has 0 spiro atoms. The Morgan fingerprint density at radius 1 is 1.67 bits per heavy atom. The summed E-state index contributed by atoms with van der Waals surface area (Å²) in [6.45, 7) is 1.03. The first kappa shape index (κ1) is 5.34. The van der Waals surface area contributed by atoms with E-state index in [1.807, 2.05) is 0 Å². The Hall–Kier alpha value is -0.450. The van der Waals surface area contributed by atoms with E-state index in [9.17, 15) is 4.79 Å². The molecule has 0 aliphatic carbocycles. The number of ether oxygens (including phenoxy) is 1. The molecule has 9 heavy (non-hydrogen) atoms. The number of carbonyl (C=O) groups excluding carboxylic acids is 1. The van der Waals surface area contributed by atoms with Crippen LogP contribution in [0.1, 0.15) is 0 Å². The van der Waals surface area contributed by atoms with Crippen LogP contribution in [0.5, 0.6) is 0 Å². The van der Waals surface area contributed by atoms with Gasteiger partial charge >= 0.3 is 0 Å². The van der Waals surface area contributed by atoms with E-state index < -0.39 is 0 Å². The fourth-order valence-corrected chi connectivity index (χ4v) is 1.20. The van der Waals surface area contributed by atoms with Gasteiger partial charge in [-0.25, -0.2) is 5.43 Å². The van der Waals surface area contributed by atoms with Crippen LogP contribution in [0.4, 0.5) is 0 Å². The third kappa shape index (κ3) is 0.676. The predicted octanol–water partition coefficient (Wildman–Crippen LogP) is -1.57. The van der Waals surface area contributed by atoms with Crippen molar-refractivity contribution in [2.45, 2.75) is 12.1 Å². The summed E-state index contributed by atoms with van der Waals surface area (Å²) in [6, 6.07) is -0.0787. The Labute approximate surface area is 52.5 Å². The minimum Gasteiger partial charge on any atom is -0.367 e. The molecule has 4 nitrogen and oxygen atoms in total. The third-order valence-electron chi connectivity index (χ3n) is 1.72. The average molecular weight is 128 g/mol. The molecule has 4 heteroatoms. The van der Waals surface area contributed by atoms with Gasteiger partial charge in [0, 0.05) is 6.54 Å². The van der Waals surface area contributed by atoms with Crippen molar-refractivity contribution in [1.29, 1.82) is 0 Å². The largest absolute Gasteiger partial charge is 0.367 e. The SMILES string of the molecule is O=C1COC2CNNC12. The van der Waals surface area contributed by atoms with E-state index in [-0.39, 0.29) is 24.5 Å². The van der Waals surface area contributed by atoms with Gasteiger partial charge in [0.1, 0.15) is 12.6 Å². The lowest BCUT2D eigenvalue weighted by molar-refractivity contribution is -0.119. The van der Waals surface area contributed by atoms with Gasteiger partial charge in [-0.15, -0.1) is 0 Å². The zero-order valence-corrected chi connectivity index (χ0v) is 4.89. The van der Waals surface area contributed by atoms with E-state index in [4.69, 9.17) is 4.74 Å². The topological polar surface area (TPSA) is 50.4 Å². The van der Waals surface area contributed by atoms with Gasteiger partial charge in [-0.05, 0) is 0 Å². The number of hydrogen-bond donors (Lipinski definition) is 2. The highest BCUT2D eigenvalue weighted by Gasteiger charge is 2.38. The fourth-order valence-electron chi connectivity index (χ4n) is 1.20. The first-order chi connectivity index (χ1) is 4.38. The molecule has 2 aliphatic heterocycles. The lowest BCUT2D eigenvalue weighted by atomic mass is 10.2. The number of carbonyl (C=O) groups is 1. The summed E-state index contributed by atoms with van der Waals surface area (Å²) in [7, 11) is 0. The molecule has 0 saturated carbocycles. The van der Waals surface area contributed by atoms with Crippen LogP contribution in [-0.4, -0.2) is 31.1 Å². The molecular formula is C5H8N2O2. The molecule has 0 aromatic heterocycles. The van der Waals surface area contributed by atoms with Crippen LogP contribution in [0, 0.1) is 0 Å². The lowest BCUT2D eigenvalue weighted by Crippen LogP contribution is -2.36. The van der Waals surface area contributed by atoms with Gasteiger partial charge in [-0.3, -0.25) is 10.2 Å². The van der Waals surface area contributed by atoms with Crippen LogP contribution in [0.15, 0.2) is 0 Å². The van der Waals surface area contributed by atoms with Crippen molar-refractivity contribution in [2.75, 3.05) is 13.2 Å². The Morgan fingerprint density at radius 3 is 3.33 bits per heavy atom. The quantitative estimate of drug-likeness (QED) is 0.414. The number of fused-ring (bicyclic) bond motifs is 1. The summed E-state index contributed by atoms with van der Waals surface area (Å²) in [5.41, 5.74) is 5.70. The summed E-state index contributed by atoms with van der Waals surface area (Å²) in [6.07, 6.45) is 0.0810. The van der Waals surface area contributed by atoms with Gasteiger partial charge in [0.15, 0.2) is 5.78 Å². The summed E-state index contributed by atoms with van der Waals surface area (Å²) in [4.78, 5) is 10.8. The first-order valence-corrected chi connectivity index (χ1v) is 3.00. The predicted molar refractivity (Wildman–Crippen MR) is 29.7 cm³/mol. The monoisotopic (exact) mass is 128 g/mol. The van der Waals surface area contributed by atoms with E-state index in [0.717, 1.165) is 6.54 Å². The number of ketones is 1. The lowest BCUT2D eigenvalue weighted by Gasteiger charge is -2.00. The third-order valence-corrected chi connectivity index (χ3v) is 1.72. The fraction of sp³-hybridized carbons (Fsp3) is 0.800. The number of rotatable bonds is 0. The van der Waals surface area contributed by atoms with Crippen molar-refractivity contribution in [3.05, 3.63) is 0 Å². The summed E-state index contributed by atoms with van der Waals surface area (Å²) in [5, 5.41) is 0. The molecule has 2 unspecified atom stereocenters. The Kier molecular flexibility index (Phi) is 1.05. The van der Waals surface area contributed by atoms with Gasteiger partial charge in [0.2, 0.25) is 0 Å². The Balaban J connectivity index is 2.15. The maximum Gasteiger partial charge on any atom is 0.179 e. The maximum atomic E-state index is 10.8. The number of hydrazine groups is 1. The highest BCUT2D eigenvalue weighted by molar-refractivity contribution is 5.87. The van der Waals surface area contributed by atoms with Gasteiger partial charge < -0.3 is 4.74 Å². The smallest absolute Gasteiger partial charge is 0.179 e. The molecular weight excluding hydrogens is 120 g/mol. The van der Waals surface area contributed by atoms with E-state index in [0.29, 0.717) is 0 Å². The zero-order chi connectivity index (χ0) is 6.27. The highest BCUT2D eigenvalue weighted by Crippen LogP contribution is 2.11. The minimum atomic E-state index is -0.0787. The van der Waals surface area contributed by atoms with Gasteiger partial charge in [0.25, 0.3) is 0 Å². The van der Waals surface area contributed by atoms with Crippen LogP contribution in [-0.2, 0) is 9.53 Å². The molecule has 0 amide bonds. The van der Waals surface area contributed by atoms with Crippen LogP contribution in [0.2, 0.25) is 0 Å². The van der Waals surface area contributed by atoms with Crippen molar-refractivity contribution in [3.8, 4) is 0 Å². The molecule has 50 valence electrons. The number of nitrogens with one attached hydrogen (secondary N) is 2. The molecule has 0 bridgehead atoms. The Bertz CT molecular complexity index is 148. The second-order valence-electron chi connectivity index (χ2n) is 2.32. The van der Waals surface area contributed by atoms with E-state index in [1.54, 1.807) is 0 Å². The molecule has 2 atom stereocenters. The molecule has 2 heterocycles. The van der Waals surface area contributed by atoms with Crippen molar-refractivity contribution < 1.29 is 9.53 Å². The molecule has 2 rings (SSSR count). The van der Waals surface area contributed by atoms with Crippen LogP contribution in [0.3, 0.4) is 0 Å². The zero-order valence-electron chi connectivity index (χ0n) is 4.89. The molecule has 2 aliphatic rings. The Morgan fingerprint density at radius 2 is 2.56 bits per heavy atom. The highest BCUT2D eigenvalue weighted by atomic mass is 16.5. The van der Waals surface area contributed by atoms with E-state index in [2.05, 4.69) is 10.9 Å². The van der Waals surface area contributed by atoms with Crippen LogP contribution < -0.4 is 10.9 Å². The number of hydrogen-bond acceptors (Lipinski definition) is 4. The molecule has 2 fully saturated rings. The van der Waals surface area contributed by atoms with E-state index >= 15 is 0 Å². The van der Waals surface area contributed by atoms with Crippen molar-refractivity contribution in [2.24, 2.45) is 0 Å². The van der Waals surface area contributed by atoms with Crippen molar-refractivity contribution in [1.82, 2.24) is 10.9 Å². The first-order valence-electron chi connectivity index (χ1n) is 3.00. The van der Waals surface area contributed by atoms with Crippen LogP contribution >= 0.6 is 0 Å². The standard InChI is InChI=1S/C5H8N2O2/c8-3-2-9-4-1-6-7-5(3)4/h4-7H,1-2H2. The van der Waals surface area contributed by atoms with Crippen molar-refractivity contribution in [3.63, 3.8) is 0 Å². The second kappa shape index (κ2) is 1.76. The normalized spacial score (nSPS) is 41.6. The molecule has 2 N–H and O–H groups in total. The summed E-state index contributed by atoms with van der Waals surface area (Å²) >= 11 is 0. The molecule has 0 aromatic carbocycles. The average Bonchev–Trinajstić information content (AvgIpc) is 2.35. The second-order valence-corrected chi connectivity index (χ2v) is 2.32. The van der Waals surface area contributed by atoms with Gasteiger partial charge in [0.05, 0.1) is 6.10 Å². The van der Waals surface area contributed by atoms with Gasteiger partial charge in [-0.1, -0.05) is 0 Å². The molecule has 2 saturated heterocycles. The maximum absolute atomic E-state index is 10.8. The van der Waals surface area contributed by atoms with Crippen LogP contribution in [0.25, 0.3) is 0 Å². The molecule has 0 aromatic rings. The minimum absolute atomic E-state index is 0.0787. The number of Topliss-reactive ketones (excluding diaryl/α,β-unsaturated/α-hetero) is 1. The molecule has 0 radical (unpaired) electrons. The summed E-state index contributed by atoms with van der Waals surface area (Å²) < 4.78 is 5.11. The van der Waals surface area contributed by atoms with Crippen molar-refractivity contribution >= 4 is 5.78 Å². The van der Waals surface area contributed by atoms with Gasteiger partial charge in [-0.2, -0.15) is 0 Å². The summed E-state index contributed by atoms with van der Waals surface area (Å²) in [5.74, 6) is 0.157. The van der Waals surface area contributed by atoms with E-state index in [1.165, 1.54) is 0 Å².